The SMILES string of the molecule is CCC(C)CC(C)CCI. The van der Waals surface area contributed by atoms with Crippen LogP contribution in [-0.4, -0.2) is 4.43 Å². The first-order chi connectivity index (χ1) is 4.70. The molecule has 62 valence electrons. The van der Waals surface area contributed by atoms with Gasteiger partial charge in [0.15, 0.2) is 0 Å². The topological polar surface area (TPSA) is 0 Å². The van der Waals surface area contributed by atoms with Crippen molar-refractivity contribution < 1.29 is 0 Å². The molecule has 0 bridgehead atoms. The Morgan fingerprint density at radius 2 is 1.80 bits per heavy atom. The van der Waals surface area contributed by atoms with E-state index in [1.54, 1.807) is 0 Å². The van der Waals surface area contributed by atoms with Crippen LogP contribution >= 0.6 is 22.6 Å². The van der Waals surface area contributed by atoms with Gasteiger partial charge in [0.25, 0.3) is 0 Å². The number of hydrogen-bond acceptors (Lipinski definition) is 0. The quantitative estimate of drug-likeness (QED) is 0.516. The van der Waals surface area contributed by atoms with Crippen LogP contribution < -0.4 is 0 Å². The van der Waals surface area contributed by atoms with Crippen LogP contribution in [0.15, 0.2) is 0 Å². The van der Waals surface area contributed by atoms with Gasteiger partial charge in [-0.05, 0) is 29.1 Å². The van der Waals surface area contributed by atoms with Crippen molar-refractivity contribution >= 4 is 22.6 Å². The Morgan fingerprint density at radius 1 is 1.20 bits per heavy atom. The van der Waals surface area contributed by atoms with Crippen LogP contribution in [0.5, 0.6) is 0 Å². The molecular weight excluding hydrogens is 235 g/mol. The first-order valence-electron chi connectivity index (χ1n) is 4.26. The Labute approximate surface area is 78.9 Å². The van der Waals surface area contributed by atoms with Gasteiger partial charge in [0, 0.05) is 0 Å². The molecule has 0 aromatic carbocycles. The molecule has 0 saturated carbocycles. The van der Waals surface area contributed by atoms with E-state index in [0.717, 1.165) is 11.8 Å². The van der Waals surface area contributed by atoms with Crippen molar-refractivity contribution in [3.05, 3.63) is 0 Å². The van der Waals surface area contributed by atoms with E-state index in [-0.39, 0.29) is 0 Å². The summed E-state index contributed by atoms with van der Waals surface area (Å²) in [6.45, 7) is 7.00. The summed E-state index contributed by atoms with van der Waals surface area (Å²) in [6.07, 6.45) is 4.15. The van der Waals surface area contributed by atoms with Crippen LogP contribution in [0.3, 0.4) is 0 Å². The molecule has 0 N–H and O–H groups in total. The lowest BCUT2D eigenvalue weighted by Gasteiger charge is -2.13. The van der Waals surface area contributed by atoms with Crippen LogP contribution in [-0.2, 0) is 0 Å². The van der Waals surface area contributed by atoms with Gasteiger partial charge in [0.2, 0.25) is 0 Å². The summed E-state index contributed by atoms with van der Waals surface area (Å²) in [5, 5.41) is 0. The van der Waals surface area contributed by atoms with Crippen molar-refractivity contribution in [1.29, 1.82) is 0 Å². The molecule has 0 amide bonds. The van der Waals surface area contributed by atoms with Gasteiger partial charge in [-0.1, -0.05) is 49.8 Å². The van der Waals surface area contributed by atoms with Crippen LogP contribution in [0.2, 0.25) is 0 Å². The molecular formula is C9H19I. The van der Waals surface area contributed by atoms with Gasteiger partial charge in [0.05, 0.1) is 0 Å². The van der Waals surface area contributed by atoms with E-state index in [1.807, 2.05) is 0 Å². The first kappa shape index (κ1) is 10.7. The molecule has 2 unspecified atom stereocenters. The molecule has 0 fully saturated rings. The number of alkyl halides is 1. The van der Waals surface area contributed by atoms with Gasteiger partial charge in [-0.25, -0.2) is 0 Å². The summed E-state index contributed by atoms with van der Waals surface area (Å²) < 4.78 is 1.31. The van der Waals surface area contributed by atoms with E-state index in [4.69, 9.17) is 0 Å². The molecule has 0 aliphatic heterocycles. The monoisotopic (exact) mass is 254 g/mol. The second-order valence-electron chi connectivity index (χ2n) is 3.33. The van der Waals surface area contributed by atoms with Gasteiger partial charge in [-0.15, -0.1) is 0 Å². The highest BCUT2D eigenvalue weighted by Crippen LogP contribution is 2.17. The highest BCUT2D eigenvalue weighted by atomic mass is 127. The van der Waals surface area contributed by atoms with Gasteiger partial charge >= 0.3 is 0 Å². The normalized spacial score (nSPS) is 16.8. The van der Waals surface area contributed by atoms with E-state index in [2.05, 4.69) is 43.4 Å². The molecule has 0 aliphatic rings. The van der Waals surface area contributed by atoms with Crippen LogP contribution in [0.4, 0.5) is 0 Å². The molecule has 0 saturated heterocycles. The minimum absolute atomic E-state index is 0.929. The summed E-state index contributed by atoms with van der Waals surface area (Å²) in [5.74, 6) is 1.87. The summed E-state index contributed by atoms with van der Waals surface area (Å²) >= 11 is 2.46. The Bertz CT molecular complexity index is 71.1. The maximum absolute atomic E-state index is 2.46. The highest BCUT2D eigenvalue weighted by Gasteiger charge is 2.05. The zero-order chi connectivity index (χ0) is 7.98. The molecule has 0 nitrogen and oxygen atoms in total. The minimum atomic E-state index is 0.929. The smallest absolute Gasteiger partial charge is 0.000219 e. The van der Waals surface area contributed by atoms with Gasteiger partial charge in [-0.2, -0.15) is 0 Å². The fraction of sp³-hybridized carbons (Fsp3) is 1.00. The Kier molecular flexibility index (Phi) is 6.91. The predicted molar refractivity (Wildman–Crippen MR) is 56.7 cm³/mol. The molecule has 0 radical (unpaired) electrons. The van der Waals surface area contributed by atoms with Crippen molar-refractivity contribution in [2.75, 3.05) is 4.43 Å². The lowest BCUT2D eigenvalue weighted by molar-refractivity contribution is 0.401. The van der Waals surface area contributed by atoms with E-state index in [0.29, 0.717) is 0 Å². The fourth-order valence-corrected chi connectivity index (χ4v) is 2.22. The first-order valence-corrected chi connectivity index (χ1v) is 5.79. The van der Waals surface area contributed by atoms with Crippen LogP contribution in [0, 0.1) is 11.8 Å². The van der Waals surface area contributed by atoms with Crippen LogP contribution in [0.25, 0.3) is 0 Å². The van der Waals surface area contributed by atoms with Gasteiger partial charge in [0.1, 0.15) is 0 Å². The molecule has 0 rings (SSSR count). The zero-order valence-corrected chi connectivity index (χ0v) is 9.52. The average Bonchev–Trinajstić information content (AvgIpc) is 1.88. The van der Waals surface area contributed by atoms with Crippen molar-refractivity contribution in [2.45, 2.75) is 40.0 Å². The van der Waals surface area contributed by atoms with E-state index < -0.39 is 0 Å². The van der Waals surface area contributed by atoms with E-state index in [9.17, 15) is 0 Å². The van der Waals surface area contributed by atoms with Gasteiger partial charge < -0.3 is 0 Å². The minimum Gasteiger partial charge on any atom is -0.0864 e. The number of hydrogen-bond donors (Lipinski definition) is 0. The van der Waals surface area contributed by atoms with Crippen molar-refractivity contribution in [1.82, 2.24) is 0 Å². The Balaban J connectivity index is 3.27. The Hall–Kier alpha value is 0.730. The fourth-order valence-electron chi connectivity index (χ4n) is 1.16. The predicted octanol–water partition coefficient (Wildman–Crippen LogP) is 3.88. The summed E-state index contributed by atoms with van der Waals surface area (Å²) in [4.78, 5) is 0. The van der Waals surface area contributed by atoms with Gasteiger partial charge in [-0.3, -0.25) is 0 Å². The maximum atomic E-state index is 2.46. The molecule has 0 aromatic rings. The summed E-state index contributed by atoms with van der Waals surface area (Å²) in [6, 6.07) is 0. The Morgan fingerprint density at radius 3 is 2.20 bits per heavy atom. The second-order valence-corrected chi connectivity index (χ2v) is 4.41. The third kappa shape index (κ3) is 5.51. The second kappa shape index (κ2) is 6.44. The maximum Gasteiger partial charge on any atom is -0.000219 e. The summed E-state index contributed by atoms with van der Waals surface area (Å²) in [5.41, 5.74) is 0. The molecule has 1 heteroatoms. The van der Waals surface area contributed by atoms with Crippen LogP contribution in [0.1, 0.15) is 40.0 Å². The van der Waals surface area contributed by atoms with Crippen molar-refractivity contribution in [3.63, 3.8) is 0 Å². The molecule has 2 atom stereocenters. The molecule has 0 aromatic heterocycles. The molecule has 0 spiro atoms. The van der Waals surface area contributed by atoms with E-state index in [1.165, 1.54) is 23.7 Å². The molecule has 0 aliphatic carbocycles. The third-order valence-corrected chi connectivity index (χ3v) is 2.73. The highest BCUT2D eigenvalue weighted by molar-refractivity contribution is 14.1. The lowest BCUT2D eigenvalue weighted by Crippen LogP contribution is -2.02. The summed E-state index contributed by atoms with van der Waals surface area (Å²) in [7, 11) is 0. The van der Waals surface area contributed by atoms with Crippen molar-refractivity contribution in [3.8, 4) is 0 Å². The number of halogens is 1. The lowest BCUT2D eigenvalue weighted by atomic mass is 9.94. The molecule has 0 heterocycles. The molecule has 10 heavy (non-hydrogen) atoms. The zero-order valence-electron chi connectivity index (χ0n) is 7.36. The largest absolute Gasteiger partial charge is 0.0864 e. The number of rotatable bonds is 5. The third-order valence-electron chi connectivity index (χ3n) is 2.10. The van der Waals surface area contributed by atoms with Crippen molar-refractivity contribution in [2.24, 2.45) is 11.8 Å². The average molecular weight is 254 g/mol. The van der Waals surface area contributed by atoms with E-state index >= 15 is 0 Å². The standard InChI is InChI=1S/C9H19I/c1-4-8(2)7-9(3)5-6-10/h8-9H,4-7H2,1-3H3.